The van der Waals surface area contributed by atoms with E-state index in [0.29, 0.717) is 5.69 Å². The van der Waals surface area contributed by atoms with Crippen molar-refractivity contribution in [3.63, 3.8) is 0 Å². The van der Waals surface area contributed by atoms with E-state index >= 15 is 0 Å². The van der Waals surface area contributed by atoms with Crippen LogP contribution in [0.3, 0.4) is 0 Å². The van der Waals surface area contributed by atoms with Gasteiger partial charge in [-0.2, -0.15) is 5.10 Å². The molecule has 2 aromatic carbocycles. The number of nitrogens with one attached hydrogen (secondary N) is 3. The van der Waals surface area contributed by atoms with Gasteiger partial charge in [-0.1, -0.05) is 36.4 Å². The highest BCUT2D eigenvalue weighted by molar-refractivity contribution is 5.91. The number of nitrogens with zero attached hydrogens (tertiary/aromatic N) is 2. The fourth-order valence-corrected chi connectivity index (χ4v) is 2.67. The maximum atomic E-state index is 12.2. The van der Waals surface area contributed by atoms with Crippen molar-refractivity contribution in [3.8, 4) is 11.1 Å². The molecule has 3 N–H and O–H groups in total. The lowest BCUT2D eigenvalue weighted by molar-refractivity contribution is 0.155. The summed E-state index contributed by atoms with van der Waals surface area (Å²) in [5.74, 6) is 0. The number of ether oxygens (including phenoxy) is 1. The molecule has 0 unspecified atom stereocenters. The Labute approximate surface area is 164 Å². The number of aromatic nitrogens is 2. The van der Waals surface area contributed by atoms with Crippen molar-refractivity contribution < 1.29 is 9.53 Å². The van der Waals surface area contributed by atoms with Crippen molar-refractivity contribution in [2.75, 3.05) is 37.8 Å². The van der Waals surface area contributed by atoms with E-state index < -0.39 is 6.09 Å². The molecular formula is C21H25N5O2. The largest absolute Gasteiger partial charge is 0.444 e. The molecule has 7 heteroatoms. The average Bonchev–Trinajstić information content (AvgIpc) is 3.23. The minimum atomic E-state index is -0.490. The third-order valence-corrected chi connectivity index (χ3v) is 4.18. The Kier molecular flexibility index (Phi) is 6.64. The van der Waals surface area contributed by atoms with Crippen LogP contribution in [-0.4, -0.2) is 48.4 Å². The van der Waals surface area contributed by atoms with Crippen LogP contribution in [0.25, 0.3) is 11.1 Å². The van der Waals surface area contributed by atoms with E-state index in [9.17, 15) is 4.79 Å². The van der Waals surface area contributed by atoms with Crippen LogP contribution in [0.1, 0.15) is 5.56 Å². The molecule has 3 rings (SSSR count). The second-order valence-corrected chi connectivity index (χ2v) is 6.66. The van der Waals surface area contributed by atoms with Gasteiger partial charge in [0.2, 0.25) is 0 Å². The van der Waals surface area contributed by atoms with Gasteiger partial charge in [0.25, 0.3) is 0 Å². The Morgan fingerprint density at radius 3 is 2.64 bits per heavy atom. The average molecular weight is 379 g/mol. The molecule has 7 nitrogen and oxygen atoms in total. The third-order valence-electron chi connectivity index (χ3n) is 4.18. The van der Waals surface area contributed by atoms with Gasteiger partial charge in [-0.25, -0.2) is 4.79 Å². The number of hydrogen-bond acceptors (Lipinski definition) is 5. The van der Waals surface area contributed by atoms with E-state index in [1.54, 1.807) is 6.20 Å². The Morgan fingerprint density at radius 2 is 1.93 bits per heavy atom. The number of hydrogen-bond donors (Lipinski definition) is 3. The number of carbonyl (C=O) groups is 1. The van der Waals surface area contributed by atoms with Crippen molar-refractivity contribution in [1.82, 2.24) is 15.1 Å². The standard InChI is InChI=1S/C21H25N5O2/c1-26(2)11-10-22-20-12-17(18-13-23-24-14-18)8-9-19(20)25-21(27)28-15-16-6-4-3-5-7-16/h3-9,12-14,22H,10-11,15H2,1-2H3,(H,23,24)(H,25,27). The van der Waals surface area contributed by atoms with E-state index in [4.69, 9.17) is 4.74 Å². The molecule has 0 spiro atoms. The molecule has 0 fully saturated rings. The van der Waals surface area contributed by atoms with Gasteiger partial charge in [-0.3, -0.25) is 10.4 Å². The first-order chi connectivity index (χ1) is 13.6. The summed E-state index contributed by atoms with van der Waals surface area (Å²) in [6.07, 6.45) is 3.11. The topological polar surface area (TPSA) is 82.3 Å². The van der Waals surface area contributed by atoms with Crippen LogP contribution in [0.4, 0.5) is 16.2 Å². The normalized spacial score (nSPS) is 10.7. The van der Waals surface area contributed by atoms with Crippen LogP contribution < -0.4 is 10.6 Å². The van der Waals surface area contributed by atoms with Crippen LogP contribution in [0, 0.1) is 0 Å². The van der Waals surface area contributed by atoms with Gasteiger partial charge in [-0.05, 0) is 37.4 Å². The number of aromatic amines is 1. The quantitative estimate of drug-likeness (QED) is 0.555. The van der Waals surface area contributed by atoms with Crippen molar-refractivity contribution in [1.29, 1.82) is 0 Å². The zero-order chi connectivity index (χ0) is 19.8. The molecule has 3 aromatic rings. The van der Waals surface area contributed by atoms with Crippen LogP contribution in [0.15, 0.2) is 60.9 Å². The van der Waals surface area contributed by atoms with E-state index in [0.717, 1.165) is 35.5 Å². The summed E-state index contributed by atoms with van der Waals surface area (Å²) in [7, 11) is 4.04. The molecule has 0 aliphatic heterocycles. The second kappa shape index (κ2) is 9.57. The van der Waals surface area contributed by atoms with Crippen molar-refractivity contribution in [3.05, 3.63) is 66.5 Å². The van der Waals surface area contributed by atoms with Gasteiger partial charge in [-0.15, -0.1) is 0 Å². The first-order valence-corrected chi connectivity index (χ1v) is 9.11. The highest BCUT2D eigenvalue weighted by Gasteiger charge is 2.10. The molecule has 1 heterocycles. The summed E-state index contributed by atoms with van der Waals surface area (Å²) in [5, 5.41) is 13.0. The number of H-pyrrole nitrogens is 1. The van der Waals surface area contributed by atoms with Crippen LogP contribution in [0.5, 0.6) is 0 Å². The fraction of sp³-hybridized carbons (Fsp3) is 0.238. The van der Waals surface area contributed by atoms with Gasteiger partial charge in [0.15, 0.2) is 0 Å². The Morgan fingerprint density at radius 1 is 1.11 bits per heavy atom. The number of carbonyl (C=O) groups excluding carboxylic acids is 1. The molecule has 0 saturated heterocycles. The third kappa shape index (κ3) is 5.59. The lowest BCUT2D eigenvalue weighted by Gasteiger charge is -2.16. The van der Waals surface area contributed by atoms with Gasteiger partial charge in [0.05, 0.1) is 17.6 Å². The molecule has 0 saturated carbocycles. The highest BCUT2D eigenvalue weighted by Crippen LogP contribution is 2.29. The van der Waals surface area contributed by atoms with Gasteiger partial charge in [0, 0.05) is 24.8 Å². The minimum absolute atomic E-state index is 0.225. The summed E-state index contributed by atoms with van der Waals surface area (Å²) < 4.78 is 5.33. The molecule has 28 heavy (non-hydrogen) atoms. The number of likely N-dealkylation sites (N-methyl/N-ethyl adjacent to an activating group) is 1. The number of rotatable bonds is 8. The van der Waals surface area contributed by atoms with E-state index in [-0.39, 0.29) is 6.61 Å². The van der Waals surface area contributed by atoms with Crippen LogP contribution in [-0.2, 0) is 11.3 Å². The second-order valence-electron chi connectivity index (χ2n) is 6.66. The first kappa shape index (κ1) is 19.4. The van der Waals surface area contributed by atoms with E-state index in [1.807, 2.05) is 68.8 Å². The number of benzene rings is 2. The minimum Gasteiger partial charge on any atom is -0.444 e. The first-order valence-electron chi connectivity index (χ1n) is 9.11. The molecule has 0 aliphatic carbocycles. The Hall–Kier alpha value is -3.32. The predicted molar refractivity (Wildman–Crippen MR) is 111 cm³/mol. The monoisotopic (exact) mass is 379 g/mol. The van der Waals surface area contributed by atoms with Crippen LogP contribution in [0.2, 0.25) is 0 Å². The summed E-state index contributed by atoms with van der Waals surface area (Å²) >= 11 is 0. The molecule has 0 aliphatic rings. The molecule has 0 bridgehead atoms. The number of amides is 1. The van der Waals surface area contributed by atoms with Gasteiger partial charge >= 0.3 is 6.09 Å². The Balaban J connectivity index is 1.69. The maximum Gasteiger partial charge on any atom is 0.412 e. The van der Waals surface area contributed by atoms with Crippen molar-refractivity contribution >= 4 is 17.5 Å². The SMILES string of the molecule is CN(C)CCNc1cc(-c2cn[nH]c2)ccc1NC(=O)OCc1ccccc1. The summed E-state index contributed by atoms with van der Waals surface area (Å²) in [4.78, 5) is 14.3. The summed E-state index contributed by atoms with van der Waals surface area (Å²) in [6.45, 7) is 1.84. The van der Waals surface area contributed by atoms with E-state index in [2.05, 4.69) is 25.7 Å². The zero-order valence-electron chi connectivity index (χ0n) is 16.1. The fourth-order valence-electron chi connectivity index (χ4n) is 2.67. The van der Waals surface area contributed by atoms with E-state index in [1.165, 1.54) is 0 Å². The van der Waals surface area contributed by atoms with Gasteiger partial charge in [0.1, 0.15) is 6.61 Å². The van der Waals surface area contributed by atoms with Crippen molar-refractivity contribution in [2.45, 2.75) is 6.61 Å². The number of anilines is 2. The van der Waals surface area contributed by atoms with Crippen molar-refractivity contribution in [2.24, 2.45) is 0 Å². The molecule has 1 amide bonds. The molecular weight excluding hydrogens is 354 g/mol. The highest BCUT2D eigenvalue weighted by atomic mass is 16.5. The zero-order valence-corrected chi connectivity index (χ0v) is 16.1. The van der Waals surface area contributed by atoms with Gasteiger partial charge < -0.3 is 15.0 Å². The molecule has 1 aromatic heterocycles. The predicted octanol–water partition coefficient (Wildman–Crippen LogP) is 3.80. The smallest absolute Gasteiger partial charge is 0.412 e. The lowest BCUT2D eigenvalue weighted by Crippen LogP contribution is -2.21. The maximum absolute atomic E-state index is 12.2. The summed E-state index contributed by atoms with van der Waals surface area (Å²) in [6, 6.07) is 15.4. The lowest BCUT2D eigenvalue weighted by atomic mass is 10.1. The summed E-state index contributed by atoms with van der Waals surface area (Å²) in [5.41, 5.74) is 4.43. The molecule has 146 valence electrons. The molecule has 0 atom stereocenters. The Bertz CT molecular complexity index is 879. The molecule has 0 radical (unpaired) electrons. The van der Waals surface area contributed by atoms with Crippen LogP contribution >= 0.6 is 0 Å².